The summed E-state index contributed by atoms with van der Waals surface area (Å²) >= 11 is 2.13. The summed E-state index contributed by atoms with van der Waals surface area (Å²) in [6.45, 7) is 5.80. The van der Waals surface area contributed by atoms with Crippen molar-refractivity contribution in [1.29, 1.82) is 0 Å². The highest BCUT2D eigenvalue weighted by Gasteiger charge is 2.42. The van der Waals surface area contributed by atoms with Gasteiger partial charge < -0.3 is 5.73 Å². The molecule has 2 aliphatic heterocycles. The Morgan fingerprint density at radius 1 is 1.19 bits per heavy atom. The molecule has 2 unspecified atom stereocenters. The number of nitrogens with zero attached hydrogens (tertiary/aromatic N) is 1. The molecule has 0 spiro atoms. The Morgan fingerprint density at radius 3 is 2.44 bits per heavy atom. The molecule has 2 aliphatic rings. The zero-order valence-electron chi connectivity index (χ0n) is 10.6. The molecule has 2 atom stereocenters. The number of rotatable bonds is 2. The lowest BCUT2D eigenvalue weighted by Gasteiger charge is -2.49. The Labute approximate surface area is 104 Å². The molecule has 2 rings (SSSR count). The molecule has 2 saturated heterocycles. The molecule has 0 aromatic rings. The highest BCUT2D eigenvalue weighted by molar-refractivity contribution is 8.00. The summed E-state index contributed by atoms with van der Waals surface area (Å²) in [7, 11) is 0. The van der Waals surface area contributed by atoms with Gasteiger partial charge in [-0.2, -0.15) is 11.8 Å². The fourth-order valence-electron chi connectivity index (χ4n) is 3.33. The second kappa shape index (κ2) is 5.74. The van der Waals surface area contributed by atoms with E-state index in [1.165, 1.54) is 57.4 Å². The predicted molar refractivity (Wildman–Crippen MR) is 73.0 cm³/mol. The number of hydrogen-bond acceptors (Lipinski definition) is 3. The number of hydrogen-bond donors (Lipinski definition) is 1. The first-order valence-corrected chi connectivity index (χ1v) is 7.91. The molecule has 0 aromatic heterocycles. The van der Waals surface area contributed by atoms with Gasteiger partial charge in [-0.15, -0.1) is 0 Å². The van der Waals surface area contributed by atoms with E-state index in [1.54, 1.807) is 0 Å². The first-order valence-electron chi connectivity index (χ1n) is 6.86. The largest absolute Gasteiger partial charge is 0.329 e. The van der Waals surface area contributed by atoms with Crippen LogP contribution in [0.25, 0.3) is 0 Å². The van der Waals surface area contributed by atoms with Crippen molar-refractivity contribution in [3.8, 4) is 0 Å². The van der Waals surface area contributed by atoms with E-state index >= 15 is 0 Å². The van der Waals surface area contributed by atoms with Crippen LogP contribution in [0.3, 0.4) is 0 Å². The van der Waals surface area contributed by atoms with Crippen LogP contribution in [0.15, 0.2) is 0 Å². The normalized spacial score (nSPS) is 38.2. The SMILES string of the molecule is CC1SCCCC1(CN)N1CCCCCC1. The van der Waals surface area contributed by atoms with Gasteiger partial charge in [-0.25, -0.2) is 0 Å². The van der Waals surface area contributed by atoms with Crippen molar-refractivity contribution < 1.29 is 0 Å². The van der Waals surface area contributed by atoms with Crippen molar-refractivity contribution in [2.75, 3.05) is 25.4 Å². The summed E-state index contributed by atoms with van der Waals surface area (Å²) in [5.41, 5.74) is 6.47. The van der Waals surface area contributed by atoms with E-state index in [9.17, 15) is 0 Å². The zero-order chi connectivity index (χ0) is 11.4. The van der Waals surface area contributed by atoms with Crippen molar-refractivity contribution in [2.24, 2.45) is 5.73 Å². The first-order chi connectivity index (χ1) is 7.79. The van der Waals surface area contributed by atoms with Gasteiger partial charge in [-0.3, -0.25) is 4.90 Å². The van der Waals surface area contributed by atoms with Gasteiger partial charge in [-0.05, 0) is 44.5 Å². The van der Waals surface area contributed by atoms with E-state index in [0.717, 1.165) is 6.54 Å². The fraction of sp³-hybridized carbons (Fsp3) is 1.00. The maximum absolute atomic E-state index is 6.16. The minimum Gasteiger partial charge on any atom is -0.329 e. The molecule has 2 nitrogen and oxygen atoms in total. The van der Waals surface area contributed by atoms with Crippen LogP contribution in [0, 0.1) is 0 Å². The first kappa shape index (κ1) is 12.7. The molecule has 16 heavy (non-hydrogen) atoms. The highest BCUT2D eigenvalue weighted by Crippen LogP contribution is 2.38. The molecule has 0 amide bonds. The van der Waals surface area contributed by atoms with E-state index < -0.39 is 0 Å². The Bertz CT molecular complexity index is 214. The van der Waals surface area contributed by atoms with Gasteiger partial charge in [0.05, 0.1) is 0 Å². The smallest absolute Gasteiger partial charge is 0.0447 e. The minimum atomic E-state index is 0.313. The standard InChI is InChI=1S/C13H26N2S/c1-12-13(11-14,7-6-10-16-12)15-8-4-2-3-5-9-15/h12H,2-11,14H2,1H3. The number of thioether (sulfide) groups is 1. The van der Waals surface area contributed by atoms with Crippen molar-refractivity contribution in [2.45, 2.75) is 56.2 Å². The quantitative estimate of drug-likeness (QED) is 0.806. The van der Waals surface area contributed by atoms with E-state index in [0.29, 0.717) is 10.8 Å². The molecule has 0 saturated carbocycles. The molecule has 2 N–H and O–H groups in total. The maximum atomic E-state index is 6.16. The van der Waals surface area contributed by atoms with Gasteiger partial charge in [0.15, 0.2) is 0 Å². The monoisotopic (exact) mass is 242 g/mol. The van der Waals surface area contributed by atoms with Crippen molar-refractivity contribution in [3.05, 3.63) is 0 Å². The Kier molecular flexibility index (Phi) is 4.57. The predicted octanol–water partition coefficient (Wildman–Crippen LogP) is 2.48. The van der Waals surface area contributed by atoms with E-state index in [1.807, 2.05) is 0 Å². The summed E-state index contributed by atoms with van der Waals surface area (Å²) in [5.74, 6) is 1.33. The molecular weight excluding hydrogens is 216 g/mol. The fourth-order valence-corrected chi connectivity index (χ4v) is 4.66. The average Bonchev–Trinajstić information content (AvgIpc) is 2.59. The van der Waals surface area contributed by atoms with Crippen LogP contribution in [0.1, 0.15) is 45.4 Å². The summed E-state index contributed by atoms with van der Waals surface area (Å²) in [5, 5.41) is 0.712. The summed E-state index contributed by atoms with van der Waals surface area (Å²) < 4.78 is 0. The lowest BCUT2D eigenvalue weighted by Crippen LogP contribution is -2.61. The van der Waals surface area contributed by atoms with Crippen LogP contribution in [0.5, 0.6) is 0 Å². The van der Waals surface area contributed by atoms with Crippen molar-refractivity contribution >= 4 is 11.8 Å². The average molecular weight is 242 g/mol. The summed E-state index contributed by atoms with van der Waals surface area (Å²) in [6.07, 6.45) is 8.25. The Morgan fingerprint density at radius 2 is 1.88 bits per heavy atom. The van der Waals surface area contributed by atoms with Gasteiger partial charge in [0.25, 0.3) is 0 Å². The van der Waals surface area contributed by atoms with Crippen molar-refractivity contribution in [1.82, 2.24) is 4.90 Å². The van der Waals surface area contributed by atoms with Crippen molar-refractivity contribution in [3.63, 3.8) is 0 Å². The molecule has 94 valence electrons. The number of nitrogens with two attached hydrogens (primary N) is 1. The second-order valence-corrected chi connectivity index (χ2v) is 6.77. The molecule has 0 aliphatic carbocycles. The molecular formula is C13H26N2S. The summed E-state index contributed by atoms with van der Waals surface area (Å²) in [4.78, 5) is 2.73. The molecule has 2 heterocycles. The third kappa shape index (κ3) is 2.41. The van der Waals surface area contributed by atoms with E-state index in [-0.39, 0.29) is 0 Å². The summed E-state index contributed by atoms with van der Waals surface area (Å²) in [6, 6.07) is 0. The van der Waals surface area contributed by atoms with Gasteiger partial charge in [0, 0.05) is 17.3 Å². The molecule has 0 aromatic carbocycles. The minimum absolute atomic E-state index is 0.313. The number of likely N-dealkylation sites (tertiary alicyclic amines) is 1. The van der Waals surface area contributed by atoms with Gasteiger partial charge in [-0.1, -0.05) is 19.8 Å². The Balaban J connectivity index is 2.10. The second-order valence-electron chi connectivity index (χ2n) is 5.33. The van der Waals surface area contributed by atoms with Gasteiger partial charge in [0.2, 0.25) is 0 Å². The highest BCUT2D eigenvalue weighted by atomic mass is 32.2. The third-order valence-electron chi connectivity index (χ3n) is 4.47. The van der Waals surface area contributed by atoms with Gasteiger partial charge >= 0.3 is 0 Å². The molecule has 0 bridgehead atoms. The van der Waals surface area contributed by atoms with Crippen LogP contribution in [0.4, 0.5) is 0 Å². The van der Waals surface area contributed by atoms with Crippen LogP contribution in [-0.4, -0.2) is 41.1 Å². The molecule has 2 fully saturated rings. The third-order valence-corrected chi connectivity index (χ3v) is 5.93. The maximum Gasteiger partial charge on any atom is 0.0447 e. The molecule has 0 radical (unpaired) electrons. The van der Waals surface area contributed by atoms with Gasteiger partial charge in [0.1, 0.15) is 0 Å². The van der Waals surface area contributed by atoms with E-state index in [2.05, 4.69) is 23.6 Å². The Hall–Kier alpha value is 0.270. The van der Waals surface area contributed by atoms with Crippen LogP contribution >= 0.6 is 11.8 Å². The van der Waals surface area contributed by atoms with E-state index in [4.69, 9.17) is 5.73 Å². The topological polar surface area (TPSA) is 29.3 Å². The molecule has 3 heteroatoms. The lowest BCUT2D eigenvalue weighted by atomic mass is 9.87. The zero-order valence-corrected chi connectivity index (χ0v) is 11.4. The lowest BCUT2D eigenvalue weighted by molar-refractivity contribution is 0.0856. The van der Waals surface area contributed by atoms with Crippen LogP contribution in [-0.2, 0) is 0 Å². The van der Waals surface area contributed by atoms with Crippen LogP contribution in [0.2, 0.25) is 0 Å². The van der Waals surface area contributed by atoms with Crippen LogP contribution < -0.4 is 5.73 Å².